The molecule has 5 heteroatoms. The van der Waals surface area contributed by atoms with Gasteiger partial charge in [-0.2, -0.15) is 0 Å². The fourth-order valence-corrected chi connectivity index (χ4v) is 5.64. The van der Waals surface area contributed by atoms with E-state index in [-0.39, 0.29) is 32.2 Å². The van der Waals surface area contributed by atoms with Crippen molar-refractivity contribution in [3.63, 3.8) is 0 Å². The van der Waals surface area contributed by atoms with Gasteiger partial charge in [-0.1, -0.05) is 86.5 Å². The Morgan fingerprint density at radius 2 is 1.51 bits per heavy atom. The zero-order valence-electron chi connectivity index (χ0n) is 21.9. The van der Waals surface area contributed by atoms with E-state index in [2.05, 4.69) is 86.4 Å². The third-order valence-corrected chi connectivity index (χ3v) is 7.79. The summed E-state index contributed by atoms with van der Waals surface area (Å²) in [5.74, 6) is 0.226. The van der Waals surface area contributed by atoms with Gasteiger partial charge in [0.05, 0.1) is 11.1 Å². The van der Waals surface area contributed by atoms with Crippen LogP contribution in [0.4, 0.5) is 0 Å². The van der Waals surface area contributed by atoms with Crippen LogP contribution in [0.1, 0.15) is 26.3 Å². The minimum absolute atomic E-state index is 0. The number of aromatic hydroxyl groups is 1. The standard InChI is InChI=1S/C34H27N2OS.Pt/c1-34(2,3)26-17-18-35-29(21-26)25-12-7-11-24(19-25)27-13-8-14-31-32(27)36-33(38-31)28-20-23(15-16-30(28)37)22-9-5-4-6-10-22;/h4-18,20-21,37H,1-3H3;/q-1;. The van der Waals surface area contributed by atoms with Gasteiger partial charge in [-0.25, -0.2) is 4.98 Å². The van der Waals surface area contributed by atoms with Crippen molar-refractivity contribution in [2.45, 2.75) is 26.2 Å². The van der Waals surface area contributed by atoms with E-state index in [0.29, 0.717) is 0 Å². The molecule has 6 aromatic rings. The monoisotopic (exact) mass is 706 g/mol. The van der Waals surface area contributed by atoms with Gasteiger partial charge < -0.3 is 5.11 Å². The molecule has 0 atom stereocenters. The number of nitrogens with zero attached hydrogens (tertiary/aromatic N) is 2. The molecule has 0 amide bonds. The van der Waals surface area contributed by atoms with Crippen molar-refractivity contribution in [1.29, 1.82) is 0 Å². The molecule has 0 saturated carbocycles. The summed E-state index contributed by atoms with van der Waals surface area (Å²) in [6.07, 6.45) is 1.87. The molecule has 0 saturated heterocycles. The molecule has 0 unspecified atom stereocenters. The number of benzene rings is 4. The molecule has 0 bridgehead atoms. The molecule has 196 valence electrons. The van der Waals surface area contributed by atoms with Crippen molar-refractivity contribution >= 4 is 21.6 Å². The van der Waals surface area contributed by atoms with Crippen LogP contribution in [-0.2, 0) is 26.5 Å². The van der Waals surface area contributed by atoms with Crippen LogP contribution in [0.5, 0.6) is 5.75 Å². The van der Waals surface area contributed by atoms with Crippen molar-refractivity contribution < 1.29 is 26.2 Å². The molecule has 0 aliphatic carbocycles. The summed E-state index contributed by atoms with van der Waals surface area (Å²) in [5, 5.41) is 11.5. The predicted molar refractivity (Wildman–Crippen MR) is 158 cm³/mol. The first-order valence-electron chi connectivity index (χ1n) is 12.6. The average Bonchev–Trinajstić information content (AvgIpc) is 3.38. The molecule has 0 aliphatic heterocycles. The molecule has 0 aliphatic rings. The molecule has 0 spiro atoms. The summed E-state index contributed by atoms with van der Waals surface area (Å²) >= 11 is 1.59. The van der Waals surface area contributed by atoms with Gasteiger partial charge in [-0.05, 0) is 46.4 Å². The first kappa shape index (κ1) is 27.0. The quantitative estimate of drug-likeness (QED) is 0.186. The maximum absolute atomic E-state index is 10.7. The van der Waals surface area contributed by atoms with Crippen LogP contribution in [-0.4, -0.2) is 15.1 Å². The molecule has 0 fully saturated rings. The number of thiazole rings is 1. The van der Waals surface area contributed by atoms with E-state index in [1.165, 1.54) is 5.56 Å². The van der Waals surface area contributed by atoms with E-state index in [1.807, 2.05) is 42.6 Å². The maximum Gasteiger partial charge on any atom is 0.127 e. The number of phenolic OH excluding ortho intramolecular Hbond substituents is 1. The summed E-state index contributed by atoms with van der Waals surface area (Å²) in [5.41, 5.74) is 8.91. The number of hydrogen-bond acceptors (Lipinski definition) is 4. The van der Waals surface area contributed by atoms with Gasteiger partial charge in [-0.3, -0.25) is 4.98 Å². The number of para-hydroxylation sites is 1. The van der Waals surface area contributed by atoms with Crippen LogP contribution in [0, 0.1) is 6.07 Å². The smallest absolute Gasteiger partial charge is 0.127 e. The SMILES string of the molecule is CC(C)(C)c1ccnc(-c2[c-]c(-c3cccc4sc(-c5cc(-c6ccccc6)ccc5O)nc34)ccc2)c1.[Pt]. The van der Waals surface area contributed by atoms with Crippen LogP contribution in [0.25, 0.3) is 54.3 Å². The van der Waals surface area contributed by atoms with Crippen molar-refractivity contribution in [3.8, 4) is 49.8 Å². The molecule has 39 heavy (non-hydrogen) atoms. The second kappa shape index (κ2) is 10.9. The third-order valence-electron chi connectivity index (χ3n) is 6.74. The third kappa shape index (κ3) is 5.45. The molecule has 3 nitrogen and oxygen atoms in total. The Labute approximate surface area is 247 Å². The zero-order valence-corrected chi connectivity index (χ0v) is 25.0. The molecular weight excluding hydrogens is 680 g/mol. The fourth-order valence-electron chi connectivity index (χ4n) is 4.62. The fraction of sp³-hybridized carbons (Fsp3) is 0.118. The molecule has 2 heterocycles. The van der Waals surface area contributed by atoms with Gasteiger partial charge in [0.1, 0.15) is 10.8 Å². The largest absolute Gasteiger partial charge is 0.507 e. The molecular formula is C34H27N2OPtS-. The van der Waals surface area contributed by atoms with Gasteiger partial charge in [-0.15, -0.1) is 41.2 Å². The Morgan fingerprint density at radius 1 is 0.744 bits per heavy atom. The van der Waals surface area contributed by atoms with Gasteiger partial charge in [0.15, 0.2) is 0 Å². The van der Waals surface area contributed by atoms with Crippen molar-refractivity contribution in [3.05, 3.63) is 115 Å². The minimum atomic E-state index is 0. The summed E-state index contributed by atoms with van der Waals surface area (Å²) in [7, 11) is 0. The summed E-state index contributed by atoms with van der Waals surface area (Å²) in [6.45, 7) is 6.63. The molecule has 6 rings (SSSR count). The van der Waals surface area contributed by atoms with E-state index in [1.54, 1.807) is 17.4 Å². The molecule has 2 aromatic heterocycles. The second-order valence-electron chi connectivity index (χ2n) is 10.4. The Balaban J connectivity index is 0.00000308. The Bertz CT molecular complexity index is 1770. The zero-order chi connectivity index (χ0) is 26.3. The van der Waals surface area contributed by atoms with Crippen molar-refractivity contribution in [2.24, 2.45) is 0 Å². The first-order chi connectivity index (χ1) is 18.4. The Hall–Kier alpha value is -3.59. The van der Waals surface area contributed by atoms with E-state index in [9.17, 15) is 5.11 Å². The van der Waals surface area contributed by atoms with Gasteiger partial charge in [0.25, 0.3) is 0 Å². The van der Waals surface area contributed by atoms with E-state index in [0.717, 1.165) is 54.3 Å². The number of hydrogen-bond donors (Lipinski definition) is 1. The van der Waals surface area contributed by atoms with Crippen LogP contribution < -0.4 is 0 Å². The van der Waals surface area contributed by atoms with Crippen LogP contribution in [0.15, 0.2) is 103 Å². The molecule has 0 radical (unpaired) electrons. The number of rotatable bonds is 4. The minimum Gasteiger partial charge on any atom is -0.507 e. The van der Waals surface area contributed by atoms with Gasteiger partial charge in [0, 0.05) is 37.7 Å². The van der Waals surface area contributed by atoms with Gasteiger partial charge in [0.2, 0.25) is 0 Å². The number of aromatic nitrogens is 2. The average molecular weight is 707 g/mol. The topological polar surface area (TPSA) is 46.0 Å². The summed E-state index contributed by atoms with van der Waals surface area (Å²) < 4.78 is 1.06. The van der Waals surface area contributed by atoms with Crippen molar-refractivity contribution in [1.82, 2.24) is 9.97 Å². The van der Waals surface area contributed by atoms with E-state index in [4.69, 9.17) is 4.98 Å². The molecule has 4 aromatic carbocycles. The van der Waals surface area contributed by atoms with E-state index < -0.39 is 0 Å². The van der Waals surface area contributed by atoms with Crippen LogP contribution in [0.3, 0.4) is 0 Å². The van der Waals surface area contributed by atoms with Gasteiger partial charge >= 0.3 is 0 Å². The van der Waals surface area contributed by atoms with E-state index >= 15 is 0 Å². The Morgan fingerprint density at radius 3 is 2.31 bits per heavy atom. The Kier molecular flexibility index (Phi) is 7.53. The molecule has 1 N–H and O–H groups in total. The summed E-state index contributed by atoms with van der Waals surface area (Å²) in [4.78, 5) is 9.66. The first-order valence-corrected chi connectivity index (χ1v) is 13.5. The number of fused-ring (bicyclic) bond motifs is 1. The van der Waals surface area contributed by atoms with Crippen LogP contribution >= 0.6 is 11.3 Å². The normalized spacial score (nSPS) is 11.4. The van der Waals surface area contributed by atoms with Crippen LogP contribution in [0.2, 0.25) is 0 Å². The summed E-state index contributed by atoms with van der Waals surface area (Å²) in [6, 6.07) is 36.1. The predicted octanol–water partition coefficient (Wildman–Crippen LogP) is 9.16. The van der Waals surface area contributed by atoms with Crippen molar-refractivity contribution in [2.75, 3.05) is 0 Å². The number of pyridine rings is 1. The maximum atomic E-state index is 10.7. The second-order valence-corrected chi connectivity index (χ2v) is 11.5. The number of phenols is 1.